The van der Waals surface area contributed by atoms with Gasteiger partial charge in [-0.1, -0.05) is 30.2 Å². The number of rotatable bonds is 7. The van der Waals surface area contributed by atoms with Crippen molar-refractivity contribution in [3.63, 3.8) is 0 Å². The van der Waals surface area contributed by atoms with Crippen LogP contribution in [0.1, 0.15) is 81.8 Å². The molecule has 5 rings (SSSR count). The summed E-state index contributed by atoms with van der Waals surface area (Å²) in [4.78, 5) is 27.7. The maximum absolute atomic E-state index is 13.9. The van der Waals surface area contributed by atoms with Crippen molar-refractivity contribution in [2.45, 2.75) is 76.7 Å². The highest BCUT2D eigenvalue weighted by molar-refractivity contribution is 6.32. The van der Waals surface area contributed by atoms with E-state index < -0.39 is 11.9 Å². The fraction of sp³-hybridized carbons (Fsp3) is 0.438. The molecule has 0 amide bonds. The largest absolute Gasteiger partial charge is 0.503 e. The number of allylic oxidation sites excluding steroid dienone is 3. The van der Waals surface area contributed by atoms with E-state index >= 15 is 0 Å². The van der Waals surface area contributed by atoms with Gasteiger partial charge < -0.3 is 24.6 Å². The molecule has 0 unspecified atom stereocenters. The topological polar surface area (TPSA) is 94.1 Å². The Kier molecular flexibility index (Phi) is 8.40. The van der Waals surface area contributed by atoms with Crippen LogP contribution in [-0.2, 0) is 14.3 Å². The average Bonchev–Trinajstić information content (AvgIpc) is 2.95. The van der Waals surface area contributed by atoms with E-state index in [9.17, 15) is 14.7 Å². The van der Waals surface area contributed by atoms with Crippen molar-refractivity contribution < 1.29 is 28.9 Å². The van der Waals surface area contributed by atoms with Gasteiger partial charge in [0.25, 0.3) is 0 Å². The molecule has 0 bridgehead atoms. The second-order valence-electron chi connectivity index (χ2n) is 10.7. The van der Waals surface area contributed by atoms with E-state index in [-0.39, 0.29) is 34.3 Å². The molecule has 2 aromatic carbocycles. The van der Waals surface area contributed by atoms with Crippen LogP contribution in [0.4, 0.5) is 0 Å². The Bertz CT molecular complexity index is 1360. The van der Waals surface area contributed by atoms with Gasteiger partial charge in [-0.05, 0) is 87.3 Å². The number of dihydropyridines is 1. The predicted molar refractivity (Wildman–Crippen MR) is 153 cm³/mol. The highest BCUT2D eigenvalue weighted by Gasteiger charge is 2.42. The molecule has 40 heavy (non-hydrogen) atoms. The number of phenols is 1. The maximum atomic E-state index is 13.9. The third-order valence-corrected chi connectivity index (χ3v) is 8.43. The Morgan fingerprint density at radius 3 is 2.48 bits per heavy atom. The summed E-state index contributed by atoms with van der Waals surface area (Å²) in [7, 11) is 1.63. The minimum atomic E-state index is -0.700. The van der Waals surface area contributed by atoms with Gasteiger partial charge >= 0.3 is 5.97 Å². The SMILES string of the molecule is CCOc1cc([C@@H]2C(C(=O)OC3CCCCC3)=C(C)NC3=C2C(=O)C[C@H](c2ccc(OC)cc2)C3)cc(Cl)c1O. The molecule has 3 aliphatic rings. The molecule has 0 spiro atoms. The first-order valence-electron chi connectivity index (χ1n) is 14.0. The lowest BCUT2D eigenvalue weighted by Crippen LogP contribution is -2.37. The number of aromatic hydroxyl groups is 1. The summed E-state index contributed by atoms with van der Waals surface area (Å²) < 4.78 is 17.0. The zero-order chi connectivity index (χ0) is 28.4. The number of esters is 1. The summed E-state index contributed by atoms with van der Waals surface area (Å²) in [5.41, 5.74) is 4.02. The second-order valence-corrected chi connectivity index (χ2v) is 11.1. The highest BCUT2D eigenvalue weighted by atomic mass is 35.5. The monoisotopic (exact) mass is 565 g/mol. The van der Waals surface area contributed by atoms with Gasteiger partial charge in [0.05, 0.1) is 24.3 Å². The number of methoxy groups -OCH3 is 1. The third-order valence-electron chi connectivity index (χ3n) is 8.14. The Morgan fingerprint density at radius 2 is 1.80 bits per heavy atom. The average molecular weight is 566 g/mol. The summed E-state index contributed by atoms with van der Waals surface area (Å²) in [5, 5.41) is 14.0. The summed E-state index contributed by atoms with van der Waals surface area (Å²) in [6.45, 7) is 3.98. The summed E-state index contributed by atoms with van der Waals surface area (Å²) in [6, 6.07) is 11.1. The molecule has 212 valence electrons. The number of carbonyl (C=O) groups excluding carboxylic acids is 2. The molecule has 8 heteroatoms. The second kappa shape index (κ2) is 12.0. The number of hydrogen-bond acceptors (Lipinski definition) is 7. The molecule has 7 nitrogen and oxygen atoms in total. The van der Waals surface area contributed by atoms with Crippen LogP contribution in [0.2, 0.25) is 5.02 Å². The highest BCUT2D eigenvalue weighted by Crippen LogP contribution is 2.48. The molecule has 2 aliphatic carbocycles. The van der Waals surface area contributed by atoms with E-state index in [1.54, 1.807) is 19.2 Å². The number of carbonyl (C=O) groups is 2. The minimum absolute atomic E-state index is 0.0174. The number of nitrogens with one attached hydrogen (secondary N) is 1. The summed E-state index contributed by atoms with van der Waals surface area (Å²) in [6.07, 6.45) is 5.66. The molecule has 1 heterocycles. The van der Waals surface area contributed by atoms with E-state index in [0.717, 1.165) is 49.1 Å². The van der Waals surface area contributed by atoms with Crippen LogP contribution in [0.15, 0.2) is 58.9 Å². The molecule has 1 fully saturated rings. The first kappa shape index (κ1) is 28.1. The first-order chi connectivity index (χ1) is 19.3. The van der Waals surface area contributed by atoms with Crippen molar-refractivity contribution in [3.05, 3.63) is 75.1 Å². The van der Waals surface area contributed by atoms with Gasteiger partial charge in [-0.3, -0.25) is 4.79 Å². The number of halogens is 1. The number of ketones is 1. The van der Waals surface area contributed by atoms with Crippen molar-refractivity contribution in [1.82, 2.24) is 5.32 Å². The fourth-order valence-electron chi connectivity index (χ4n) is 6.18. The van der Waals surface area contributed by atoms with Gasteiger partial charge in [-0.25, -0.2) is 4.79 Å². The van der Waals surface area contributed by atoms with Crippen molar-refractivity contribution in [2.75, 3.05) is 13.7 Å². The van der Waals surface area contributed by atoms with Gasteiger partial charge in [-0.2, -0.15) is 0 Å². The molecular weight excluding hydrogens is 530 g/mol. The minimum Gasteiger partial charge on any atom is -0.503 e. The van der Waals surface area contributed by atoms with Crippen LogP contribution in [0.3, 0.4) is 0 Å². The van der Waals surface area contributed by atoms with Crippen LogP contribution in [0.25, 0.3) is 0 Å². The standard InChI is InChI=1S/C32H36ClNO6/c1-4-39-27-17-21(14-24(33)31(27)36)29-28(32(37)40-23-8-6-5-7-9-23)18(2)34-25-15-20(16-26(35)30(25)29)19-10-12-22(38-3)13-11-19/h10-14,17,20,23,29,34,36H,4-9,15-16H2,1-3H3/t20-,29-/m1/s1. The number of benzene rings is 2. The lowest BCUT2D eigenvalue weighted by Gasteiger charge is -2.37. The zero-order valence-electron chi connectivity index (χ0n) is 23.2. The lowest BCUT2D eigenvalue weighted by atomic mass is 9.71. The fourth-order valence-corrected chi connectivity index (χ4v) is 6.40. The third kappa shape index (κ3) is 5.57. The van der Waals surface area contributed by atoms with Crippen LogP contribution < -0.4 is 14.8 Å². The van der Waals surface area contributed by atoms with E-state index in [2.05, 4.69) is 5.32 Å². The van der Waals surface area contributed by atoms with Gasteiger partial charge in [0.2, 0.25) is 0 Å². The Hall–Kier alpha value is -3.45. The lowest BCUT2D eigenvalue weighted by molar-refractivity contribution is -0.146. The van der Waals surface area contributed by atoms with Crippen molar-refractivity contribution in [1.29, 1.82) is 0 Å². The Morgan fingerprint density at radius 1 is 1.07 bits per heavy atom. The van der Waals surface area contributed by atoms with Crippen LogP contribution in [0, 0.1) is 0 Å². The Labute approximate surface area is 240 Å². The summed E-state index contributed by atoms with van der Waals surface area (Å²) >= 11 is 6.44. The van der Waals surface area contributed by atoms with Gasteiger partial charge in [-0.15, -0.1) is 0 Å². The quantitative estimate of drug-likeness (QED) is 0.361. The molecule has 2 N–H and O–H groups in total. The molecule has 0 saturated heterocycles. The van der Waals surface area contributed by atoms with Crippen molar-refractivity contribution in [3.8, 4) is 17.2 Å². The molecule has 0 aromatic heterocycles. The van der Waals surface area contributed by atoms with Crippen LogP contribution in [0.5, 0.6) is 17.2 Å². The summed E-state index contributed by atoms with van der Waals surface area (Å²) in [5.74, 6) is -0.390. The normalized spacial score (nSPS) is 21.6. The number of phenolic OH excluding ortho intramolecular Hbond substituents is 1. The predicted octanol–water partition coefficient (Wildman–Crippen LogP) is 6.69. The Balaban J connectivity index is 1.57. The van der Waals surface area contributed by atoms with Crippen molar-refractivity contribution >= 4 is 23.4 Å². The van der Waals surface area contributed by atoms with Gasteiger partial charge in [0.15, 0.2) is 17.3 Å². The first-order valence-corrected chi connectivity index (χ1v) is 14.4. The number of ether oxygens (including phenoxy) is 3. The van der Waals surface area contributed by atoms with Crippen LogP contribution >= 0.6 is 11.6 Å². The molecular formula is C32H36ClNO6. The number of hydrogen-bond donors (Lipinski definition) is 2. The van der Waals surface area contributed by atoms with E-state index in [0.29, 0.717) is 41.9 Å². The smallest absolute Gasteiger partial charge is 0.337 e. The van der Waals surface area contributed by atoms with E-state index in [1.807, 2.05) is 38.1 Å². The molecule has 1 saturated carbocycles. The molecule has 2 atom stereocenters. The maximum Gasteiger partial charge on any atom is 0.337 e. The van der Waals surface area contributed by atoms with Crippen molar-refractivity contribution in [2.24, 2.45) is 0 Å². The number of Topliss-reactive ketones (excluding diaryl/α,β-unsaturated/α-hetero) is 1. The molecule has 2 aromatic rings. The van der Waals surface area contributed by atoms with E-state index in [4.69, 9.17) is 25.8 Å². The zero-order valence-corrected chi connectivity index (χ0v) is 24.0. The molecule has 0 radical (unpaired) electrons. The van der Waals surface area contributed by atoms with E-state index in [1.165, 1.54) is 0 Å². The van der Waals surface area contributed by atoms with Crippen LogP contribution in [-0.4, -0.2) is 36.7 Å². The van der Waals surface area contributed by atoms with Gasteiger partial charge in [0.1, 0.15) is 11.9 Å². The molecule has 1 aliphatic heterocycles. The van der Waals surface area contributed by atoms with Gasteiger partial charge in [0, 0.05) is 29.3 Å².